The second-order valence-corrected chi connectivity index (χ2v) is 4.75. The maximum absolute atomic E-state index is 5.99. The second kappa shape index (κ2) is 6.03. The van der Waals surface area contributed by atoms with Crippen molar-refractivity contribution in [2.75, 3.05) is 26.0 Å². The normalized spacial score (nSPS) is 15.1. The fourth-order valence-corrected chi connectivity index (χ4v) is 2.43. The molecular weight excluding hydrogens is 212 g/mol. The summed E-state index contributed by atoms with van der Waals surface area (Å²) in [4.78, 5) is 2.48. The van der Waals surface area contributed by atoms with E-state index in [4.69, 9.17) is 10.5 Å². The largest absolute Gasteiger partial charge is 0.398 e. The van der Waals surface area contributed by atoms with Gasteiger partial charge in [-0.2, -0.15) is 0 Å². The summed E-state index contributed by atoms with van der Waals surface area (Å²) in [6.07, 6.45) is 3.66. The molecule has 0 bridgehead atoms. The Morgan fingerprint density at radius 3 is 2.88 bits per heavy atom. The van der Waals surface area contributed by atoms with Gasteiger partial charge >= 0.3 is 0 Å². The van der Waals surface area contributed by atoms with Gasteiger partial charge in [-0.3, -0.25) is 4.90 Å². The zero-order valence-corrected chi connectivity index (χ0v) is 10.6. The molecule has 0 fully saturated rings. The summed E-state index contributed by atoms with van der Waals surface area (Å²) in [5.41, 5.74) is 9.68. The Morgan fingerprint density at radius 2 is 2.12 bits per heavy atom. The molecule has 94 valence electrons. The van der Waals surface area contributed by atoms with Crippen LogP contribution in [0.3, 0.4) is 0 Å². The average molecular weight is 234 g/mol. The van der Waals surface area contributed by atoms with Crippen LogP contribution in [0.1, 0.15) is 30.4 Å². The Morgan fingerprint density at radius 1 is 1.24 bits per heavy atom. The molecule has 1 aromatic rings. The Kier molecular flexibility index (Phi) is 4.40. The number of ether oxygens (including phenoxy) is 1. The van der Waals surface area contributed by atoms with Crippen LogP contribution in [0.2, 0.25) is 0 Å². The zero-order valence-electron chi connectivity index (χ0n) is 10.6. The van der Waals surface area contributed by atoms with E-state index < -0.39 is 0 Å². The lowest BCUT2D eigenvalue weighted by atomic mass is 10.1. The second-order valence-electron chi connectivity index (χ2n) is 4.75. The van der Waals surface area contributed by atoms with Crippen molar-refractivity contribution in [2.24, 2.45) is 0 Å². The summed E-state index contributed by atoms with van der Waals surface area (Å²) in [6, 6.07) is 6.24. The predicted molar refractivity (Wildman–Crippen MR) is 70.7 cm³/mol. The van der Waals surface area contributed by atoms with E-state index in [-0.39, 0.29) is 0 Å². The summed E-state index contributed by atoms with van der Waals surface area (Å²) < 4.78 is 5.05. The number of nitrogens with zero attached hydrogens (tertiary/aromatic N) is 1. The molecule has 1 aromatic carbocycles. The lowest BCUT2D eigenvalue weighted by molar-refractivity contribution is 0.189. The summed E-state index contributed by atoms with van der Waals surface area (Å²) >= 11 is 0. The summed E-state index contributed by atoms with van der Waals surface area (Å²) in [5.74, 6) is 0. The van der Waals surface area contributed by atoms with Crippen molar-refractivity contribution in [3.63, 3.8) is 0 Å². The smallest absolute Gasteiger partial charge is 0.0462 e. The topological polar surface area (TPSA) is 38.5 Å². The van der Waals surface area contributed by atoms with Gasteiger partial charge in [-0.1, -0.05) is 12.1 Å². The molecule has 0 saturated carbocycles. The molecule has 1 aliphatic heterocycles. The Hall–Kier alpha value is -1.06. The van der Waals surface area contributed by atoms with Crippen LogP contribution in [0.25, 0.3) is 0 Å². The van der Waals surface area contributed by atoms with Gasteiger partial charge in [0.15, 0.2) is 0 Å². The van der Waals surface area contributed by atoms with Gasteiger partial charge in [-0.15, -0.1) is 0 Å². The van der Waals surface area contributed by atoms with Crippen molar-refractivity contribution in [2.45, 2.75) is 32.4 Å². The Bertz CT molecular complexity index is 365. The third-order valence-corrected chi connectivity index (χ3v) is 3.41. The molecular formula is C14H22N2O. The number of benzene rings is 1. The van der Waals surface area contributed by atoms with Crippen molar-refractivity contribution < 1.29 is 4.74 Å². The highest BCUT2D eigenvalue weighted by Gasteiger charge is 2.19. The van der Waals surface area contributed by atoms with Crippen LogP contribution in [0.4, 0.5) is 5.69 Å². The van der Waals surface area contributed by atoms with Crippen LogP contribution in [-0.4, -0.2) is 25.2 Å². The van der Waals surface area contributed by atoms with Gasteiger partial charge in [0.1, 0.15) is 0 Å². The van der Waals surface area contributed by atoms with E-state index in [1.54, 1.807) is 7.11 Å². The molecule has 0 unspecified atom stereocenters. The molecule has 17 heavy (non-hydrogen) atoms. The number of fused-ring (bicyclic) bond motifs is 1. The first-order valence-electron chi connectivity index (χ1n) is 6.39. The first kappa shape index (κ1) is 12.4. The van der Waals surface area contributed by atoms with Gasteiger partial charge in [0.05, 0.1) is 0 Å². The van der Waals surface area contributed by atoms with Gasteiger partial charge in [0, 0.05) is 32.5 Å². The molecule has 2 rings (SSSR count). The number of anilines is 1. The first-order valence-corrected chi connectivity index (χ1v) is 6.39. The fraction of sp³-hybridized carbons (Fsp3) is 0.571. The molecule has 0 amide bonds. The van der Waals surface area contributed by atoms with Crippen LogP contribution in [0, 0.1) is 0 Å². The molecule has 0 radical (unpaired) electrons. The van der Waals surface area contributed by atoms with Crippen molar-refractivity contribution in [1.29, 1.82) is 0 Å². The third-order valence-electron chi connectivity index (χ3n) is 3.41. The van der Waals surface area contributed by atoms with E-state index in [2.05, 4.69) is 17.0 Å². The standard InChI is InChI=1S/C14H22N2O/c1-17-9-4-2-3-8-16-10-12-6-5-7-14(15)13(12)11-16/h5-7H,2-4,8-11,15H2,1H3. The summed E-state index contributed by atoms with van der Waals surface area (Å²) in [5, 5.41) is 0. The molecule has 3 heteroatoms. The van der Waals surface area contributed by atoms with Crippen LogP contribution in [-0.2, 0) is 17.8 Å². The monoisotopic (exact) mass is 234 g/mol. The van der Waals surface area contributed by atoms with Crippen LogP contribution >= 0.6 is 0 Å². The van der Waals surface area contributed by atoms with Crippen molar-refractivity contribution in [1.82, 2.24) is 4.90 Å². The number of hydrogen-bond donors (Lipinski definition) is 1. The number of hydrogen-bond acceptors (Lipinski definition) is 3. The predicted octanol–water partition coefficient (Wildman–Crippen LogP) is 2.40. The van der Waals surface area contributed by atoms with Crippen LogP contribution in [0.15, 0.2) is 18.2 Å². The van der Waals surface area contributed by atoms with Gasteiger partial charge in [-0.25, -0.2) is 0 Å². The number of unbranched alkanes of at least 4 members (excludes halogenated alkanes) is 2. The molecule has 3 nitrogen and oxygen atoms in total. The number of nitrogens with two attached hydrogens (primary N) is 1. The lowest BCUT2D eigenvalue weighted by Gasteiger charge is -2.14. The number of nitrogen functional groups attached to an aromatic ring is 1. The summed E-state index contributed by atoms with van der Waals surface area (Å²) in [6.45, 7) is 4.13. The maximum atomic E-state index is 5.99. The minimum Gasteiger partial charge on any atom is -0.398 e. The van der Waals surface area contributed by atoms with E-state index in [0.717, 1.165) is 31.9 Å². The van der Waals surface area contributed by atoms with Crippen molar-refractivity contribution in [3.05, 3.63) is 29.3 Å². The Balaban J connectivity index is 1.75. The molecule has 2 N–H and O–H groups in total. The molecule has 0 aromatic heterocycles. The number of rotatable bonds is 6. The van der Waals surface area contributed by atoms with Gasteiger partial charge < -0.3 is 10.5 Å². The first-order chi connectivity index (χ1) is 8.31. The fourth-order valence-electron chi connectivity index (χ4n) is 2.43. The highest BCUT2D eigenvalue weighted by Crippen LogP contribution is 2.27. The minimum atomic E-state index is 0.882. The quantitative estimate of drug-likeness (QED) is 0.607. The minimum absolute atomic E-state index is 0.882. The SMILES string of the molecule is COCCCCCN1Cc2cccc(N)c2C1. The van der Waals surface area contributed by atoms with Crippen molar-refractivity contribution in [3.8, 4) is 0 Å². The Labute approximate surface area is 104 Å². The van der Waals surface area contributed by atoms with Crippen LogP contribution < -0.4 is 5.73 Å². The van der Waals surface area contributed by atoms with E-state index in [0.29, 0.717) is 0 Å². The van der Waals surface area contributed by atoms with Crippen molar-refractivity contribution >= 4 is 5.69 Å². The molecule has 1 heterocycles. The number of methoxy groups -OCH3 is 1. The van der Waals surface area contributed by atoms with E-state index in [1.165, 1.54) is 30.4 Å². The molecule has 1 aliphatic rings. The van der Waals surface area contributed by atoms with Gasteiger partial charge in [0.25, 0.3) is 0 Å². The molecule has 0 spiro atoms. The highest BCUT2D eigenvalue weighted by molar-refractivity contribution is 5.52. The van der Waals surface area contributed by atoms with Gasteiger partial charge in [0.2, 0.25) is 0 Å². The lowest BCUT2D eigenvalue weighted by Crippen LogP contribution is -2.17. The van der Waals surface area contributed by atoms with Crippen LogP contribution in [0.5, 0.6) is 0 Å². The van der Waals surface area contributed by atoms with Gasteiger partial charge in [-0.05, 0) is 43.0 Å². The molecule has 0 atom stereocenters. The zero-order chi connectivity index (χ0) is 12.1. The average Bonchev–Trinajstić information content (AvgIpc) is 2.73. The van der Waals surface area contributed by atoms with E-state index in [9.17, 15) is 0 Å². The molecule has 0 saturated heterocycles. The highest BCUT2D eigenvalue weighted by atomic mass is 16.5. The third kappa shape index (κ3) is 3.20. The van der Waals surface area contributed by atoms with E-state index >= 15 is 0 Å². The van der Waals surface area contributed by atoms with E-state index in [1.807, 2.05) is 6.07 Å². The molecule has 0 aliphatic carbocycles. The summed E-state index contributed by atoms with van der Waals surface area (Å²) in [7, 11) is 1.76. The maximum Gasteiger partial charge on any atom is 0.0462 e.